The Bertz CT molecular complexity index is 442. The van der Waals surface area contributed by atoms with Gasteiger partial charge in [0.15, 0.2) is 12.4 Å². The number of rotatable bonds is 17. The van der Waals surface area contributed by atoms with Crippen molar-refractivity contribution in [2.75, 3.05) is 0 Å². The normalized spacial score (nSPS) is 11.8. The molecule has 0 saturated heterocycles. The predicted octanol–water partition coefficient (Wildman–Crippen LogP) is 6.55. The molecule has 0 fully saturated rings. The van der Waals surface area contributed by atoms with Crippen LogP contribution in [0.1, 0.15) is 110 Å². The molecule has 3 heteroatoms. The third-order valence-corrected chi connectivity index (χ3v) is 4.59. The summed E-state index contributed by atoms with van der Waals surface area (Å²) >= 11 is 0. The van der Waals surface area contributed by atoms with Gasteiger partial charge in [-0.1, -0.05) is 83.3 Å². The summed E-state index contributed by atoms with van der Waals surface area (Å²) in [6.07, 6.45) is 21.9. The van der Waals surface area contributed by atoms with Gasteiger partial charge in [0.05, 0.1) is 0 Å². The van der Waals surface area contributed by atoms with Crippen molar-refractivity contribution in [2.45, 2.75) is 116 Å². The average Bonchev–Trinajstić information content (AvgIpc) is 2.68. The molecule has 0 radical (unpaired) electrons. The average molecular weight is 377 g/mol. The van der Waals surface area contributed by atoms with Crippen LogP contribution in [0.25, 0.3) is 0 Å². The van der Waals surface area contributed by atoms with Crippen molar-refractivity contribution in [1.29, 1.82) is 0 Å². The first-order valence-electron chi connectivity index (χ1n) is 11.0. The molecule has 0 aliphatic rings. The van der Waals surface area contributed by atoms with E-state index in [2.05, 4.69) is 30.9 Å². The number of esters is 1. The van der Waals surface area contributed by atoms with E-state index < -0.39 is 6.10 Å². The summed E-state index contributed by atoms with van der Waals surface area (Å²) in [5.41, 5.74) is 0. The van der Waals surface area contributed by atoms with E-state index in [0.29, 0.717) is 19.1 Å². The van der Waals surface area contributed by atoms with Crippen molar-refractivity contribution in [3.8, 4) is 11.8 Å². The molecule has 0 amide bonds. The van der Waals surface area contributed by atoms with Crippen LogP contribution < -0.4 is 0 Å². The van der Waals surface area contributed by atoms with Crippen LogP contribution in [0.2, 0.25) is 0 Å². The highest BCUT2D eigenvalue weighted by molar-refractivity contribution is 5.73. The SMILES string of the molecule is CCCCCCCC/C=C\CCCCCCCC(=O)OC(C#CC=O)CC. The number of aldehydes is 1. The molecule has 154 valence electrons. The van der Waals surface area contributed by atoms with Gasteiger partial charge in [-0.05, 0) is 44.4 Å². The largest absolute Gasteiger partial charge is 0.449 e. The minimum atomic E-state index is -0.453. The van der Waals surface area contributed by atoms with E-state index in [4.69, 9.17) is 4.74 Å². The fourth-order valence-electron chi connectivity index (χ4n) is 2.90. The minimum absolute atomic E-state index is 0.209. The second kappa shape index (κ2) is 20.7. The molecule has 3 nitrogen and oxygen atoms in total. The molecular weight excluding hydrogens is 336 g/mol. The highest BCUT2D eigenvalue weighted by Crippen LogP contribution is 2.10. The van der Waals surface area contributed by atoms with Crippen molar-refractivity contribution in [2.24, 2.45) is 0 Å². The molecule has 0 aromatic heterocycles. The molecule has 0 aromatic rings. The summed E-state index contributed by atoms with van der Waals surface area (Å²) in [4.78, 5) is 21.9. The fraction of sp³-hybridized carbons (Fsp3) is 0.750. The van der Waals surface area contributed by atoms with Gasteiger partial charge in [-0.3, -0.25) is 9.59 Å². The number of carbonyl (C=O) groups is 2. The lowest BCUT2D eigenvalue weighted by Crippen LogP contribution is -2.15. The van der Waals surface area contributed by atoms with Gasteiger partial charge in [0.2, 0.25) is 0 Å². The van der Waals surface area contributed by atoms with Crippen molar-refractivity contribution in [3.05, 3.63) is 12.2 Å². The highest BCUT2D eigenvalue weighted by atomic mass is 16.5. The molecule has 0 bridgehead atoms. The van der Waals surface area contributed by atoms with Crippen LogP contribution in [-0.2, 0) is 14.3 Å². The van der Waals surface area contributed by atoms with E-state index >= 15 is 0 Å². The molecule has 0 aromatic carbocycles. The molecule has 0 spiro atoms. The zero-order valence-electron chi connectivity index (χ0n) is 17.6. The van der Waals surface area contributed by atoms with Crippen LogP contribution in [0.3, 0.4) is 0 Å². The molecule has 0 aliphatic carbocycles. The standard InChI is InChI=1S/C24H40O3/c1-3-5-6-7-8-9-10-11-12-13-14-15-16-17-18-21-24(26)27-23(4-2)20-19-22-25/h11-12,22-23H,3-10,13-18,21H2,1-2H3/b12-11-. The van der Waals surface area contributed by atoms with E-state index in [-0.39, 0.29) is 5.97 Å². The maximum Gasteiger partial charge on any atom is 0.307 e. The molecular formula is C24H40O3. The first kappa shape index (κ1) is 25.4. The Morgan fingerprint density at radius 2 is 1.41 bits per heavy atom. The maximum atomic E-state index is 11.7. The van der Waals surface area contributed by atoms with Crippen molar-refractivity contribution < 1.29 is 14.3 Å². The number of carbonyl (C=O) groups excluding carboxylic acids is 2. The van der Waals surface area contributed by atoms with Crippen LogP contribution in [0.15, 0.2) is 12.2 Å². The van der Waals surface area contributed by atoms with E-state index in [1.165, 1.54) is 70.6 Å². The second-order valence-corrected chi connectivity index (χ2v) is 7.13. The predicted molar refractivity (Wildman–Crippen MR) is 113 cm³/mol. The molecule has 0 saturated carbocycles. The summed E-state index contributed by atoms with van der Waals surface area (Å²) in [5.74, 6) is 4.74. The minimum Gasteiger partial charge on any atom is -0.449 e. The van der Waals surface area contributed by atoms with Gasteiger partial charge >= 0.3 is 5.97 Å². The zero-order chi connectivity index (χ0) is 20.0. The number of unbranched alkanes of at least 4 members (excludes halogenated alkanes) is 11. The molecule has 1 atom stereocenters. The zero-order valence-corrected chi connectivity index (χ0v) is 17.6. The highest BCUT2D eigenvalue weighted by Gasteiger charge is 2.09. The van der Waals surface area contributed by atoms with E-state index in [0.717, 1.165) is 12.8 Å². The van der Waals surface area contributed by atoms with Crippen LogP contribution in [0, 0.1) is 11.8 Å². The lowest BCUT2D eigenvalue weighted by atomic mass is 10.1. The quantitative estimate of drug-likeness (QED) is 0.0950. The van der Waals surface area contributed by atoms with Crippen LogP contribution in [0.4, 0.5) is 0 Å². The van der Waals surface area contributed by atoms with E-state index in [1.54, 1.807) is 0 Å². The molecule has 0 aliphatic heterocycles. The van der Waals surface area contributed by atoms with Crippen LogP contribution in [0.5, 0.6) is 0 Å². The number of hydrogen-bond acceptors (Lipinski definition) is 3. The second-order valence-electron chi connectivity index (χ2n) is 7.13. The summed E-state index contributed by atoms with van der Waals surface area (Å²) < 4.78 is 5.24. The topological polar surface area (TPSA) is 43.4 Å². The molecule has 0 rings (SSSR count). The van der Waals surface area contributed by atoms with Gasteiger partial charge < -0.3 is 4.74 Å². The van der Waals surface area contributed by atoms with E-state index in [1.807, 2.05) is 6.92 Å². The number of allylic oxidation sites excluding steroid dienone is 2. The number of hydrogen-bond donors (Lipinski definition) is 0. The molecule has 27 heavy (non-hydrogen) atoms. The van der Waals surface area contributed by atoms with Crippen molar-refractivity contribution in [1.82, 2.24) is 0 Å². The molecule has 1 unspecified atom stereocenters. The van der Waals surface area contributed by atoms with Crippen LogP contribution >= 0.6 is 0 Å². The Morgan fingerprint density at radius 1 is 0.852 bits per heavy atom. The Balaban J connectivity index is 3.42. The van der Waals surface area contributed by atoms with Gasteiger partial charge in [0.1, 0.15) is 0 Å². The summed E-state index contributed by atoms with van der Waals surface area (Å²) in [6, 6.07) is 0. The fourth-order valence-corrected chi connectivity index (χ4v) is 2.90. The van der Waals surface area contributed by atoms with Crippen molar-refractivity contribution in [3.63, 3.8) is 0 Å². The lowest BCUT2D eigenvalue weighted by Gasteiger charge is -2.09. The first-order chi connectivity index (χ1) is 13.2. The Kier molecular flexibility index (Phi) is 19.5. The summed E-state index contributed by atoms with van der Waals surface area (Å²) in [7, 11) is 0. The Hall–Kier alpha value is -1.56. The smallest absolute Gasteiger partial charge is 0.307 e. The summed E-state index contributed by atoms with van der Waals surface area (Å²) in [5, 5.41) is 0. The summed E-state index contributed by atoms with van der Waals surface area (Å²) in [6.45, 7) is 4.15. The van der Waals surface area contributed by atoms with Crippen LogP contribution in [-0.4, -0.2) is 18.4 Å². The van der Waals surface area contributed by atoms with Gasteiger partial charge in [-0.25, -0.2) is 0 Å². The molecule has 0 N–H and O–H groups in total. The van der Waals surface area contributed by atoms with Gasteiger partial charge in [0.25, 0.3) is 0 Å². The first-order valence-corrected chi connectivity index (χ1v) is 11.0. The molecule has 0 heterocycles. The number of ether oxygens (including phenoxy) is 1. The van der Waals surface area contributed by atoms with Gasteiger partial charge in [-0.2, -0.15) is 0 Å². The van der Waals surface area contributed by atoms with E-state index in [9.17, 15) is 9.59 Å². The maximum absolute atomic E-state index is 11.7. The lowest BCUT2D eigenvalue weighted by molar-refractivity contribution is -0.146. The van der Waals surface area contributed by atoms with Crippen molar-refractivity contribution >= 4 is 12.3 Å². The Labute approximate surface area is 167 Å². The third-order valence-electron chi connectivity index (χ3n) is 4.59. The third kappa shape index (κ3) is 19.0. The monoisotopic (exact) mass is 376 g/mol. The van der Waals surface area contributed by atoms with Gasteiger partial charge in [-0.15, -0.1) is 0 Å². The van der Waals surface area contributed by atoms with Gasteiger partial charge in [0, 0.05) is 6.42 Å². The Morgan fingerprint density at radius 3 is 1.96 bits per heavy atom.